The number of hydrogen-bond acceptors (Lipinski definition) is 5. The minimum atomic E-state index is -0.458. The maximum Gasteiger partial charge on any atom is 0.270 e. The number of amides is 2. The third-order valence-corrected chi connectivity index (χ3v) is 5.26. The van der Waals surface area contributed by atoms with Crippen molar-refractivity contribution >= 4 is 45.7 Å². The number of hydrogen-bond donors (Lipinski definition) is 1. The zero-order valence-electron chi connectivity index (χ0n) is 17.7. The first-order valence-electron chi connectivity index (χ1n) is 10.1. The molecule has 0 aliphatic carbocycles. The second-order valence-corrected chi connectivity index (χ2v) is 7.40. The van der Waals surface area contributed by atoms with Crippen LogP contribution in [0.1, 0.15) is 13.8 Å². The van der Waals surface area contributed by atoms with E-state index >= 15 is 0 Å². The Balaban J connectivity index is 1.62. The average molecular weight is 459 g/mol. The molecule has 0 saturated carbocycles. The lowest BCUT2D eigenvalue weighted by Crippen LogP contribution is -2.34. The topological polar surface area (TPSA) is 107 Å². The highest BCUT2D eigenvalue weighted by Gasteiger charge is 2.14. The number of anilines is 1. The van der Waals surface area contributed by atoms with Crippen LogP contribution in [0.3, 0.4) is 0 Å². The van der Waals surface area contributed by atoms with Crippen LogP contribution in [0.25, 0.3) is 10.9 Å². The van der Waals surface area contributed by atoms with E-state index in [4.69, 9.17) is 16.3 Å². The molecule has 0 radical (unpaired) electrons. The first-order chi connectivity index (χ1) is 15.3. The largest absolute Gasteiger partial charge is 0.482 e. The molecule has 1 heterocycles. The Kier molecular flexibility index (Phi) is 7.32. The van der Waals surface area contributed by atoms with Gasteiger partial charge in [-0.1, -0.05) is 11.6 Å². The number of benzene rings is 2. The molecule has 9 nitrogen and oxygen atoms in total. The summed E-state index contributed by atoms with van der Waals surface area (Å²) in [6.45, 7) is 4.90. The molecule has 32 heavy (non-hydrogen) atoms. The molecule has 3 rings (SSSR count). The van der Waals surface area contributed by atoms with Gasteiger partial charge in [-0.3, -0.25) is 19.7 Å². The number of aromatic nitrogens is 1. The molecule has 0 fully saturated rings. The summed E-state index contributed by atoms with van der Waals surface area (Å²) >= 11 is 6.24. The van der Waals surface area contributed by atoms with Gasteiger partial charge in [-0.15, -0.1) is 0 Å². The quantitative estimate of drug-likeness (QED) is 0.384. The number of fused-ring (bicyclic) bond motifs is 1. The van der Waals surface area contributed by atoms with E-state index in [-0.39, 0.29) is 35.7 Å². The highest BCUT2D eigenvalue weighted by molar-refractivity contribution is 6.32. The summed E-state index contributed by atoms with van der Waals surface area (Å²) in [5.41, 5.74) is 1.19. The first kappa shape index (κ1) is 23.1. The monoisotopic (exact) mass is 458 g/mol. The van der Waals surface area contributed by atoms with Gasteiger partial charge in [0, 0.05) is 48.0 Å². The van der Waals surface area contributed by atoms with Crippen molar-refractivity contribution in [3.63, 3.8) is 0 Å². The van der Waals surface area contributed by atoms with Crippen LogP contribution in [-0.4, -0.2) is 45.9 Å². The van der Waals surface area contributed by atoms with Gasteiger partial charge in [0.2, 0.25) is 5.91 Å². The van der Waals surface area contributed by atoms with E-state index in [1.165, 1.54) is 12.1 Å². The van der Waals surface area contributed by atoms with E-state index < -0.39 is 4.92 Å². The van der Waals surface area contributed by atoms with Crippen molar-refractivity contribution in [1.29, 1.82) is 0 Å². The fourth-order valence-corrected chi connectivity index (χ4v) is 3.53. The van der Waals surface area contributed by atoms with E-state index in [0.717, 1.165) is 0 Å². The van der Waals surface area contributed by atoms with Crippen LogP contribution in [0.5, 0.6) is 5.75 Å². The predicted molar refractivity (Wildman–Crippen MR) is 122 cm³/mol. The van der Waals surface area contributed by atoms with Crippen molar-refractivity contribution in [2.45, 2.75) is 20.4 Å². The Labute approximate surface area is 189 Å². The second-order valence-electron chi connectivity index (χ2n) is 6.99. The van der Waals surface area contributed by atoms with Gasteiger partial charge < -0.3 is 19.5 Å². The molecule has 0 aliphatic heterocycles. The molecule has 0 spiro atoms. The number of nitrogens with one attached hydrogen (secondary N) is 1. The molecule has 1 aromatic heterocycles. The SMILES string of the molecule is CCN(CC)C(=O)COc1ccc(NC(=O)Cn2ccc3cc([N+](=O)[O-])ccc32)cc1Cl. The van der Waals surface area contributed by atoms with Crippen LogP contribution in [0.4, 0.5) is 11.4 Å². The molecule has 1 N–H and O–H groups in total. The molecule has 0 saturated heterocycles. The van der Waals surface area contributed by atoms with E-state index in [0.29, 0.717) is 35.4 Å². The lowest BCUT2D eigenvalue weighted by molar-refractivity contribution is -0.384. The minimum Gasteiger partial charge on any atom is -0.482 e. The first-order valence-corrected chi connectivity index (χ1v) is 10.4. The number of carbonyl (C=O) groups is 2. The zero-order chi connectivity index (χ0) is 23.3. The van der Waals surface area contributed by atoms with Crippen molar-refractivity contribution < 1.29 is 19.2 Å². The smallest absolute Gasteiger partial charge is 0.270 e. The molecular formula is C22H23ClN4O5. The number of nitro groups is 1. The fraction of sp³-hybridized carbons (Fsp3) is 0.273. The minimum absolute atomic E-state index is 0.00421. The van der Waals surface area contributed by atoms with Gasteiger partial charge in [0.15, 0.2) is 6.61 Å². The zero-order valence-corrected chi connectivity index (χ0v) is 18.5. The van der Waals surface area contributed by atoms with Crippen LogP contribution >= 0.6 is 11.6 Å². The molecule has 2 aromatic carbocycles. The van der Waals surface area contributed by atoms with Crippen LogP contribution in [0.2, 0.25) is 5.02 Å². The van der Waals surface area contributed by atoms with E-state index in [2.05, 4.69) is 5.32 Å². The number of nitrogens with zero attached hydrogens (tertiary/aromatic N) is 3. The van der Waals surface area contributed by atoms with Crippen LogP contribution < -0.4 is 10.1 Å². The number of ether oxygens (including phenoxy) is 1. The molecule has 168 valence electrons. The Morgan fingerprint density at radius 1 is 1.16 bits per heavy atom. The third-order valence-electron chi connectivity index (χ3n) is 4.96. The third kappa shape index (κ3) is 5.36. The van der Waals surface area contributed by atoms with Crippen molar-refractivity contribution in [1.82, 2.24) is 9.47 Å². The van der Waals surface area contributed by atoms with Gasteiger partial charge in [-0.25, -0.2) is 0 Å². The van der Waals surface area contributed by atoms with Gasteiger partial charge in [0.25, 0.3) is 11.6 Å². The summed E-state index contributed by atoms with van der Waals surface area (Å²) in [6, 6.07) is 11.0. The number of likely N-dealkylation sites (N-methyl/N-ethyl adjacent to an activating group) is 1. The molecule has 0 unspecified atom stereocenters. The van der Waals surface area contributed by atoms with Crippen LogP contribution in [0.15, 0.2) is 48.7 Å². The Morgan fingerprint density at radius 3 is 2.56 bits per heavy atom. The molecular weight excluding hydrogens is 436 g/mol. The van der Waals surface area contributed by atoms with Crippen molar-refractivity contribution in [2.24, 2.45) is 0 Å². The number of nitro benzene ring substituents is 1. The van der Waals surface area contributed by atoms with E-state index in [9.17, 15) is 19.7 Å². The summed E-state index contributed by atoms with van der Waals surface area (Å²) in [4.78, 5) is 36.7. The molecule has 0 bridgehead atoms. The standard InChI is InChI=1S/C22H23ClN4O5/c1-3-25(4-2)22(29)14-32-20-8-5-16(12-18(20)23)24-21(28)13-26-10-9-15-11-17(27(30)31)6-7-19(15)26/h5-12H,3-4,13-14H2,1-2H3,(H,24,28). The normalized spacial score (nSPS) is 10.7. The summed E-state index contributed by atoms with van der Waals surface area (Å²) in [5.74, 6) is -0.0711. The molecule has 0 aliphatic rings. The van der Waals surface area contributed by atoms with E-state index in [1.807, 2.05) is 13.8 Å². The van der Waals surface area contributed by atoms with E-state index in [1.54, 1.807) is 46.0 Å². The van der Waals surface area contributed by atoms with Gasteiger partial charge in [-0.05, 0) is 44.2 Å². The lowest BCUT2D eigenvalue weighted by Gasteiger charge is -2.19. The van der Waals surface area contributed by atoms with Crippen LogP contribution in [0, 0.1) is 10.1 Å². The van der Waals surface area contributed by atoms with Gasteiger partial charge in [-0.2, -0.15) is 0 Å². The van der Waals surface area contributed by atoms with Crippen molar-refractivity contribution in [3.05, 3.63) is 63.8 Å². The number of rotatable bonds is 9. The molecule has 0 atom stereocenters. The van der Waals surface area contributed by atoms with Crippen molar-refractivity contribution in [2.75, 3.05) is 25.0 Å². The maximum atomic E-state index is 12.5. The highest BCUT2D eigenvalue weighted by Crippen LogP contribution is 2.28. The summed E-state index contributed by atoms with van der Waals surface area (Å²) in [6.07, 6.45) is 1.70. The number of carbonyl (C=O) groups excluding carboxylic acids is 2. The fourth-order valence-electron chi connectivity index (χ4n) is 3.30. The number of halogens is 1. The summed E-state index contributed by atoms with van der Waals surface area (Å²) in [7, 11) is 0. The maximum absolute atomic E-state index is 12.5. The average Bonchev–Trinajstić information content (AvgIpc) is 3.15. The Hall–Kier alpha value is -3.59. The highest BCUT2D eigenvalue weighted by atomic mass is 35.5. The van der Waals surface area contributed by atoms with Gasteiger partial charge in [0.1, 0.15) is 12.3 Å². The molecule has 2 amide bonds. The number of non-ortho nitro benzene ring substituents is 1. The summed E-state index contributed by atoms with van der Waals surface area (Å²) < 4.78 is 7.22. The van der Waals surface area contributed by atoms with Gasteiger partial charge in [0.05, 0.1) is 9.95 Å². The van der Waals surface area contributed by atoms with Crippen molar-refractivity contribution in [3.8, 4) is 5.75 Å². The Morgan fingerprint density at radius 2 is 1.91 bits per heavy atom. The lowest BCUT2D eigenvalue weighted by atomic mass is 10.2. The Bertz CT molecular complexity index is 1160. The van der Waals surface area contributed by atoms with Crippen LogP contribution in [-0.2, 0) is 16.1 Å². The summed E-state index contributed by atoms with van der Waals surface area (Å²) in [5, 5.41) is 14.6. The van der Waals surface area contributed by atoms with Gasteiger partial charge >= 0.3 is 0 Å². The predicted octanol–water partition coefficient (Wildman–Crippen LogP) is 4.09. The molecule has 10 heteroatoms. The second kappa shape index (κ2) is 10.1. The molecule has 3 aromatic rings.